The fraction of sp³-hybridized carbons (Fsp3) is 0.938. The van der Waals surface area contributed by atoms with E-state index in [0.717, 1.165) is 19.3 Å². The molecule has 6 heteroatoms. The molecule has 0 bridgehead atoms. The van der Waals surface area contributed by atoms with E-state index >= 15 is 0 Å². The Morgan fingerprint density at radius 2 is 0.921 bits per heavy atom. The van der Waals surface area contributed by atoms with E-state index in [4.69, 9.17) is 0 Å². The number of rotatable bonds is 30. The molecule has 0 radical (unpaired) electrons. The Morgan fingerprint density at radius 3 is 1.29 bits per heavy atom. The van der Waals surface area contributed by atoms with Crippen molar-refractivity contribution in [1.29, 1.82) is 0 Å². The third-order valence-corrected chi connectivity index (χ3v) is 7.91. The van der Waals surface area contributed by atoms with Crippen LogP contribution in [0.2, 0.25) is 0 Å². The van der Waals surface area contributed by atoms with Gasteiger partial charge in [-0.15, -0.1) is 0 Å². The first-order valence-corrected chi connectivity index (χ1v) is 17.6. The number of hydrogen-bond acceptors (Lipinski definition) is 4. The second kappa shape index (κ2) is 32.1. The van der Waals surface area contributed by atoms with E-state index in [2.05, 4.69) is 30.2 Å². The summed E-state index contributed by atoms with van der Waals surface area (Å²) in [6.45, 7) is 4.51. The second-order valence-electron chi connectivity index (χ2n) is 11.2. The van der Waals surface area contributed by atoms with Gasteiger partial charge in [0.05, 0.1) is 6.61 Å². The molecule has 0 saturated carbocycles. The maximum absolute atomic E-state index is 10.9. The van der Waals surface area contributed by atoms with Crippen molar-refractivity contribution < 1.29 is 46.7 Å². The van der Waals surface area contributed by atoms with Crippen LogP contribution in [0.4, 0.5) is 0 Å². The van der Waals surface area contributed by atoms with E-state index in [1.165, 1.54) is 148 Å². The van der Waals surface area contributed by atoms with Crippen LogP contribution in [0.5, 0.6) is 0 Å². The van der Waals surface area contributed by atoms with Gasteiger partial charge in [-0.05, 0) is 19.3 Å². The molecule has 0 aromatic heterocycles. The molecule has 0 aliphatic rings. The zero-order valence-electron chi connectivity index (χ0n) is 25.9. The molecule has 38 heavy (non-hydrogen) atoms. The summed E-state index contributed by atoms with van der Waals surface area (Å²) in [6.07, 6.45) is 38.0. The van der Waals surface area contributed by atoms with E-state index in [9.17, 15) is 13.0 Å². The molecule has 0 rings (SSSR count). The van der Waals surface area contributed by atoms with Crippen molar-refractivity contribution in [2.75, 3.05) is 6.61 Å². The van der Waals surface area contributed by atoms with Gasteiger partial charge in [0.1, 0.15) is 0 Å². The van der Waals surface area contributed by atoms with Crippen LogP contribution in [0.3, 0.4) is 0 Å². The predicted octanol–water partition coefficient (Wildman–Crippen LogP) is 7.82. The molecule has 0 aromatic carbocycles. The zero-order chi connectivity index (χ0) is 27.3. The van der Waals surface area contributed by atoms with Crippen molar-refractivity contribution >= 4 is 10.4 Å². The number of unbranched alkanes of at least 4 members (excludes halogenated alkanes) is 23. The molecule has 0 aromatic rings. The zero-order valence-corrected chi connectivity index (χ0v) is 28.7. The van der Waals surface area contributed by atoms with Crippen molar-refractivity contribution in [1.82, 2.24) is 0 Å². The van der Waals surface area contributed by atoms with Crippen molar-refractivity contribution in [3.63, 3.8) is 0 Å². The SMILES string of the molecule is CCCCCCCCCCCC/C=C/C(CCCCCCCCCCCCCCCC)COS(=O)(=O)[O-].[Na+]. The van der Waals surface area contributed by atoms with Gasteiger partial charge < -0.3 is 4.55 Å². The Labute approximate surface area is 261 Å². The van der Waals surface area contributed by atoms with Crippen molar-refractivity contribution in [2.24, 2.45) is 5.92 Å². The molecule has 1 unspecified atom stereocenters. The van der Waals surface area contributed by atoms with E-state index in [-0.39, 0.29) is 42.1 Å². The van der Waals surface area contributed by atoms with Crippen LogP contribution in [0.25, 0.3) is 0 Å². The number of allylic oxidation sites excluding steroid dienone is 1. The summed E-state index contributed by atoms with van der Waals surface area (Å²) in [5.41, 5.74) is 0. The maximum Gasteiger partial charge on any atom is 1.00 e. The maximum atomic E-state index is 10.9. The van der Waals surface area contributed by atoms with Gasteiger partial charge in [-0.25, -0.2) is 8.42 Å². The van der Waals surface area contributed by atoms with Crippen LogP contribution in [0.15, 0.2) is 12.2 Å². The predicted molar refractivity (Wildman–Crippen MR) is 160 cm³/mol. The molecule has 0 heterocycles. The Morgan fingerprint density at radius 1 is 0.579 bits per heavy atom. The molecule has 0 fully saturated rings. The largest absolute Gasteiger partial charge is 1.00 e. The summed E-state index contributed by atoms with van der Waals surface area (Å²) in [6, 6.07) is 0. The summed E-state index contributed by atoms with van der Waals surface area (Å²) in [5, 5.41) is 0. The minimum Gasteiger partial charge on any atom is -0.726 e. The summed E-state index contributed by atoms with van der Waals surface area (Å²) in [4.78, 5) is 0. The minimum atomic E-state index is -4.62. The van der Waals surface area contributed by atoms with E-state index in [1.54, 1.807) is 0 Å². The average Bonchev–Trinajstić information content (AvgIpc) is 2.87. The standard InChI is InChI=1S/C32H64O4S.Na/c1-3-5-7-9-11-13-15-17-18-20-22-24-26-28-30-32(31-36-37(33,34)35)29-27-25-23-21-19-16-14-12-10-8-6-4-2;/h27,29,32H,3-26,28,30-31H2,1-2H3,(H,33,34,35);/q;+1/p-1/b29-27+;. The molecule has 0 spiro atoms. The van der Waals surface area contributed by atoms with E-state index in [1.807, 2.05) is 0 Å². The fourth-order valence-corrected chi connectivity index (χ4v) is 5.39. The van der Waals surface area contributed by atoms with Crippen LogP contribution in [0.1, 0.15) is 181 Å². The van der Waals surface area contributed by atoms with Gasteiger partial charge in [0.2, 0.25) is 10.4 Å². The molecule has 0 saturated heterocycles. The quantitative estimate of drug-likeness (QED) is 0.0292. The first-order valence-electron chi connectivity index (χ1n) is 16.3. The third kappa shape index (κ3) is 34.6. The Kier molecular flexibility index (Phi) is 34.5. The Bertz CT molecular complexity index is 580. The monoisotopic (exact) mass is 566 g/mol. The summed E-state index contributed by atoms with van der Waals surface area (Å²) >= 11 is 0. The van der Waals surface area contributed by atoms with Crippen LogP contribution in [0, 0.1) is 5.92 Å². The molecular formula is C32H63NaO4S. The van der Waals surface area contributed by atoms with Gasteiger partial charge in [0.25, 0.3) is 0 Å². The first kappa shape index (κ1) is 40.7. The molecule has 0 amide bonds. The molecule has 0 aliphatic carbocycles. The van der Waals surface area contributed by atoms with Gasteiger partial charge in [-0.1, -0.05) is 174 Å². The van der Waals surface area contributed by atoms with Crippen molar-refractivity contribution in [3.05, 3.63) is 12.2 Å². The van der Waals surface area contributed by atoms with Gasteiger partial charge in [-0.3, -0.25) is 4.18 Å². The van der Waals surface area contributed by atoms with Crippen LogP contribution >= 0.6 is 0 Å². The van der Waals surface area contributed by atoms with Crippen molar-refractivity contribution in [3.8, 4) is 0 Å². The summed E-state index contributed by atoms with van der Waals surface area (Å²) < 4.78 is 37.3. The smallest absolute Gasteiger partial charge is 0.726 e. The molecule has 4 nitrogen and oxygen atoms in total. The second-order valence-corrected chi connectivity index (χ2v) is 12.3. The van der Waals surface area contributed by atoms with Crippen molar-refractivity contribution in [2.45, 2.75) is 181 Å². The molecule has 0 aliphatic heterocycles. The third-order valence-electron chi connectivity index (χ3n) is 7.49. The van der Waals surface area contributed by atoms with E-state index in [0.29, 0.717) is 0 Å². The van der Waals surface area contributed by atoms with Crippen LogP contribution in [-0.4, -0.2) is 19.6 Å². The van der Waals surface area contributed by atoms with Gasteiger partial charge in [0, 0.05) is 5.92 Å². The molecule has 0 N–H and O–H groups in total. The Hall–Kier alpha value is 0.610. The van der Waals surface area contributed by atoms with Gasteiger partial charge in [0.15, 0.2) is 0 Å². The van der Waals surface area contributed by atoms with Gasteiger partial charge in [-0.2, -0.15) is 0 Å². The van der Waals surface area contributed by atoms with Gasteiger partial charge >= 0.3 is 29.6 Å². The van der Waals surface area contributed by atoms with Crippen LogP contribution < -0.4 is 29.6 Å². The molecular weight excluding hydrogens is 503 g/mol. The summed E-state index contributed by atoms with van der Waals surface area (Å²) in [7, 11) is -4.62. The van der Waals surface area contributed by atoms with E-state index < -0.39 is 10.4 Å². The molecule has 222 valence electrons. The first-order chi connectivity index (χ1) is 18.0. The fourth-order valence-electron chi connectivity index (χ4n) is 5.05. The molecule has 1 atom stereocenters. The summed E-state index contributed by atoms with van der Waals surface area (Å²) in [5.74, 6) is 0.0178. The Balaban J connectivity index is 0. The topological polar surface area (TPSA) is 66.4 Å². The minimum absolute atomic E-state index is 0. The van der Waals surface area contributed by atoms with Crippen LogP contribution in [-0.2, 0) is 14.6 Å². The average molecular weight is 567 g/mol. The normalized spacial score (nSPS) is 12.7. The number of hydrogen-bond donors (Lipinski definition) is 0.